The summed E-state index contributed by atoms with van der Waals surface area (Å²) in [5.41, 5.74) is 9.71. The number of carbonyl (C=O) groups is 3. The van der Waals surface area contributed by atoms with Gasteiger partial charge in [0.25, 0.3) is 28.5 Å². The second kappa shape index (κ2) is 33.1. The van der Waals surface area contributed by atoms with Crippen LogP contribution in [-0.4, -0.2) is 204 Å². The highest BCUT2D eigenvalue weighted by Crippen LogP contribution is 2.38. The lowest BCUT2D eigenvalue weighted by Gasteiger charge is -2.28. The van der Waals surface area contributed by atoms with Crippen LogP contribution in [0.15, 0.2) is 196 Å². The molecule has 11 aromatic heterocycles. The third-order valence-electron chi connectivity index (χ3n) is 22.7. The number of allylic oxidation sites excluding steroid dienone is 4. The van der Waals surface area contributed by atoms with Crippen LogP contribution in [0.25, 0.3) is 82.3 Å². The SMILES string of the molecule is CN(C)CCc1csc2cc(Nc3ncc4c(=O)n5n(c4n3)-c3ccc4c(n3)N(CCC=CC5)C(=O)CO4)ccc12.CN(C)CCn1ccc2cc(Nc3ncc4c(=O)n5n(c4n3)-c3ccc4c(c3)N(CCCC=CC5)C(=O)C4)ccc21.CN(C)CCn1ccc2cc(Nc3ncc4c(=O)n5n(c4n3)-c3ccc4c(n3)N(CCC=CC5)C(=O)CO4)ccc21. The van der Waals surface area contributed by atoms with Gasteiger partial charge in [0, 0.05) is 133 Å². The molecule has 4 aromatic carbocycles. The van der Waals surface area contributed by atoms with Crippen molar-refractivity contribution in [3.8, 4) is 28.8 Å². The average molecular weight is 1670 g/mol. The number of aromatic nitrogens is 16. The Morgan fingerprint density at radius 2 is 0.927 bits per heavy atom. The third kappa shape index (κ3) is 15.4. The third-order valence-corrected chi connectivity index (χ3v) is 23.7. The fourth-order valence-electron chi connectivity index (χ4n) is 16.3. The number of nitrogens with zero attached hydrogens (tertiary/aromatic N) is 22. The van der Waals surface area contributed by atoms with E-state index in [0.29, 0.717) is 144 Å². The molecule has 34 heteroatoms. The van der Waals surface area contributed by atoms with Gasteiger partial charge in [-0.1, -0.05) is 48.6 Å². The number of amides is 3. The predicted octanol–water partition coefficient (Wildman–Crippen LogP) is 10.7. The van der Waals surface area contributed by atoms with Crippen LogP contribution in [0.3, 0.4) is 0 Å². The Hall–Kier alpha value is -14.2. The highest BCUT2D eigenvalue weighted by molar-refractivity contribution is 7.17. The zero-order valence-corrected chi connectivity index (χ0v) is 69.6. The van der Waals surface area contributed by atoms with E-state index in [-0.39, 0.29) is 47.6 Å². The quantitative estimate of drug-likeness (QED) is 0.0803. The van der Waals surface area contributed by atoms with Crippen LogP contribution < -0.4 is 56.8 Å². The Bertz CT molecular complexity index is 6730. The topological polar surface area (TPSA) is 319 Å². The number of likely N-dealkylation sites (N-methyl/N-ethyl adjacent to an activating group) is 3. The van der Waals surface area contributed by atoms with Gasteiger partial charge in [-0.2, -0.15) is 15.0 Å². The number of hydrogen-bond donors (Lipinski definition) is 3. The van der Waals surface area contributed by atoms with Gasteiger partial charge in [0.15, 0.2) is 64.9 Å². The van der Waals surface area contributed by atoms with Crippen LogP contribution in [0.2, 0.25) is 0 Å². The van der Waals surface area contributed by atoms with E-state index in [2.05, 4.69) is 169 Å². The number of anilines is 9. The van der Waals surface area contributed by atoms with E-state index in [4.69, 9.17) is 34.4 Å². The van der Waals surface area contributed by atoms with Crippen molar-refractivity contribution in [2.75, 3.05) is 125 Å². The smallest absolute Gasteiger partial charge is 0.278 e. The molecular formula is C89H89N25O8S. The molecule has 6 bridgehead atoms. The summed E-state index contributed by atoms with van der Waals surface area (Å²) in [5, 5.41) is 16.9. The van der Waals surface area contributed by atoms with Crippen molar-refractivity contribution in [1.82, 2.24) is 91.8 Å². The van der Waals surface area contributed by atoms with Gasteiger partial charge in [-0.15, -0.1) is 11.3 Å². The van der Waals surface area contributed by atoms with Gasteiger partial charge < -0.3 is 54.2 Å². The molecule has 123 heavy (non-hydrogen) atoms. The van der Waals surface area contributed by atoms with Gasteiger partial charge in [-0.25, -0.2) is 53.0 Å². The molecule has 0 fully saturated rings. The van der Waals surface area contributed by atoms with Crippen LogP contribution >= 0.6 is 11.3 Å². The minimum absolute atomic E-state index is 0.0220. The van der Waals surface area contributed by atoms with Crippen LogP contribution in [0.4, 0.5) is 52.2 Å². The highest BCUT2D eigenvalue weighted by Gasteiger charge is 2.33. The second-order valence-corrected chi connectivity index (χ2v) is 32.7. The Morgan fingerprint density at radius 1 is 0.447 bits per heavy atom. The molecule has 17 heterocycles. The monoisotopic (exact) mass is 1670 g/mol. The number of pyridine rings is 2. The molecule has 3 amide bonds. The summed E-state index contributed by atoms with van der Waals surface area (Å²) in [6.45, 7) is 7.39. The lowest BCUT2D eigenvalue weighted by atomic mass is 10.1. The second-order valence-electron chi connectivity index (χ2n) is 31.8. The van der Waals surface area contributed by atoms with E-state index in [1.54, 1.807) is 87.4 Å². The summed E-state index contributed by atoms with van der Waals surface area (Å²) >= 11 is 1.72. The number of ether oxygens (including phenoxy) is 2. The standard InChI is InChI=1S/C31H32N8O2.C29H29N9O3.C29H28N8O3S/c1-35(2)15-16-36-14-11-22-17-23(8-10-26(22)36)33-31-32-20-25-29(34-31)39-24-9-7-21-18-28(40)37(27(21)19-24)12-5-3-4-6-13-38(39)30(25)41;1-34(2)14-15-35-13-10-19-16-20(6-7-22(19)35)31-29-30-17-21-26(33-29)38-24-9-8-23-27(32-24)36(25(39)18-41-23)11-4-3-5-12-37(38)28(21)40;1-34(2)13-10-18-17-41-23-14-19(6-7-20(18)23)31-29-30-15-21-26(33-29)37-24-9-8-22-27(32-24)35(25(38)16-40-22)11-4-3-5-12-36(37)28(21)39/h4,6-11,14,17,19-20H,3,5,12-13,15-16,18H2,1-2H3,(H,32,33,34);3,5-10,13,16-17H,4,11-12,14-15,18H2,1-2H3,(H,30,31,33);3,5-9,14-15,17H,4,10-13,16H2,1-2H3,(H,30,31,33). The van der Waals surface area contributed by atoms with Crippen LogP contribution in [-0.2, 0) is 59.9 Å². The number of nitrogens with one attached hydrogen (secondary N) is 3. The maximum absolute atomic E-state index is 13.5. The number of hydrogen-bond acceptors (Lipinski definition) is 23. The Labute approximate surface area is 707 Å². The summed E-state index contributed by atoms with van der Waals surface area (Å²) in [7, 11) is 12.5. The zero-order chi connectivity index (χ0) is 84.3. The van der Waals surface area contributed by atoms with Crippen LogP contribution in [0.5, 0.6) is 11.5 Å². The van der Waals surface area contributed by atoms with Gasteiger partial charge in [0.05, 0.1) is 31.7 Å². The number of thiophene rings is 1. The fraction of sp³-hybridized carbons (Fsp3) is 0.281. The lowest BCUT2D eigenvalue weighted by molar-refractivity contribution is -0.122. The van der Waals surface area contributed by atoms with Gasteiger partial charge in [0.2, 0.25) is 23.8 Å². The van der Waals surface area contributed by atoms with Crippen molar-refractivity contribution < 1.29 is 23.9 Å². The number of rotatable bonds is 15. The van der Waals surface area contributed by atoms with Crippen molar-refractivity contribution in [2.45, 2.75) is 71.2 Å². The number of fused-ring (bicyclic) bond motifs is 18. The van der Waals surface area contributed by atoms with Crippen LogP contribution in [0, 0.1) is 0 Å². The Morgan fingerprint density at radius 3 is 1.44 bits per heavy atom. The first kappa shape index (κ1) is 78.6. The summed E-state index contributed by atoms with van der Waals surface area (Å²) in [6, 6.07) is 35.9. The molecule has 6 aliphatic rings. The Balaban J connectivity index is 0.000000121. The van der Waals surface area contributed by atoms with E-state index in [1.807, 2.05) is 76.4 Å². The van der Waals surface area contributed by atoms with Gasteiger partial charge in [-0.3, -0.25) is 38.6 Å². The van der Waals surface area contributed by atoms with E-state index in [1.165, 1.54) is 21.2 Å². The summed E-state index contributed by atoms with van der Waals surface area (Å²) in [6.07, 6.45) is 25.1. The van der Waals surface area contributed by atoms with Crippen molar-refractivity contribution in [2.24, 2.45) is 0 Å². The molecular weight excluding hydrogens is 1580 g/mol. The summed E-state index contributed by atoms with van der Waals surface area (Å²) < 4.78 is 27.0. The molecule has 0 spiro atoms. The Kier molecular flexibility index (Phi) is 21.1. The van der Waals surface area contributed by atoms with E-state index in [0.717, 1.165) is 102 Å². The minimum Gasteiger partial charge on any atom is -0.480 e. The van der Waals surface area contributed by atoms with E-state index >= 15 is 0 Å². The first-order valence-electron chi connectivity index (χ1n) is 41.1. The summed E-state index contributed by atoms with van der Waals surface area (Å²) in [4.78, 5) is 128. The molecule has 21 rings (SSSR count). The van der Waals surface area contributed by atoms with Gasteiger partial charge >= 0.3 is 0 Å². The lowest BCUT2D eigenvalue weighted by Crippen LogP contribution is -2.40. The predicted molar refractivity (Wildman–Crippen MR) is 478 cm³/mol. The number of benzene rings is 4. The fourth-order valence-corrected chi connectivity index (χ4v) is 17.4. The highest BCUT2D eigenvalue weighted by atomic mass is 32.1. The molecule has 0 saturated heterocycles. The van der Waals surface area contributed by atoms with Gasteiger partial charge in [-0.05, 0) is 193 Å². The van der Waals surface area contributed by atoms with Crippen molar-refractivity contribution in [1.29, 1.82) is 0 Å². The van der Waals surface area contributed by atoms with E-state index < -0.39 is 0 Å². The van der Waals surface area contributed by atoms with Crippen molar-refractivity contribution in [3.63, 3.8) is 0 Å². The minimum atomic E-state index is -0.223. The molecule has 33 nitrogen and oxygen atoms in total. The molecule has 0 radical (unpaired) electrons. The number of carbonyl (C=O) groups excluding carboxylic acids is 3. The maximum atomic E-state index is 13.5. The molecule has 3 N–H and O–H groups in total. The van der Waals surface area contributed by atoms with Gasteiger partial charge in [0.1, 0.15) is 16.2 Å². The van der Waals surface area contributed by atoms with Crippen LogP contribution in [0.1, 0.15) is 36.8 Å². The largest absolute Gasteiger partial charge is 0.480 e. The molecule has 0 unspecified atom stereocenters. The molecule has 0 saturated carbocycles. The molecule has 6 aliphatic heterocycles. The average Bonchev–Trinajstić information content (AvgIpc) is 1.61. The first-order valence-corrected chi connectivity index (χ1v) is 41.9. The maximum Gasteiger partial charge on any atom is 0.278 e. The normalized spacial score (nSPS) is 14.9. The first-order chi connectivity index (χ1) is 59.9. The molecule has 0 aliphatic carbocycles. The van der Waals surface area contributed by atoms with E-state index in [9.17, 15) is 28.8 Å². The summed E-state index contributed by atoms with van der Waals surface area (Å²) in [5.74, 6) is 3.81. The van der Waals surface area contributed by atoms with Crippen molar-refractivity contribution >= 4 is 146 Å². The van der Waals surface area contributed by atoms with Crippen molar-refractivity contribution in [3.05, 3.63) is 224 Å². The zero-order valence-electron chi connectivity index (χ0n) is 68.8. The molecule has 0 atom stereocenters. The molecule has 624 valence electrons. The molecule has 15 aromatic rings.